The van der Waals surface area contributed by atoms with Crippen LogP contribution in [-0.4, -0.2) is 30.4 Å². The molecule has 5 heteroatoms. The summed E-state index contributed by atoms with van der Waals surface area (Å²) < 4.78 is 10.0. The Bertz CT molecular complexity index is 262. The highest BCUT2D eigenvalue weighted by Crippen LogP contribution is 2.08. The Kier molecular flexibility index (Phi) is 4.55. The largest absolute Gasteiger partial charge is 0.384 e. The van der Waals surface area contributed by atoms with E-state index in [-0.39, 0.29) is 6.04 Å². The van der Waals surface area contributed by atoms with Crippen molar-refractivity contribution in [3.05, 3.63) is 11.7 Å². The number of methoxy groups -OCH3 is 1. The fraction of sp³-hybridized carbons (Fsp3) is 0.778. The van der Waals surface area contributed by atoms with E-state index in [1.54, 1.807) is 7.11 Å². The quantitative estimate of drug-likeness (QED) is 0.738. The molecule has 1 aromatic heterocycles. The molecular formula is C9H17N3O2. The second-order valence-corrected chi connectivity index (χ2v) is 3.07. The molecule has 1 rings (SSSR count). The van der Waals surface area contributed by atoms with Crippen LogP contribution in [0.1, 0.15) is 31.6 Å². The van der Waals surface area contributed by atoms with Gasteiger partial charge in [-0.3, -0.25) is 0 Å². The van der Waals surface area contributed by atoms with Crippen LogP contribution in [0.2, 0.25) is 0 Å². The molecule has 0 aliphatic heterocycles. The van der Waals surface area contributed by atoms with Crippen LogP contribution in [0.5, 0.6) is 0 Å². The number of nitrogens with zero attached hydrogens (tertiary/aromatic N) is 2. The van der Waals surface area contributed by atoms with Gasteiger partial charge in [0.25, 0.3) is 0 Å². The van der Waals surface area contributed by atoms with Crippen LogP contribution in [0.3, 0.4) is 0 Å². The minimum absolute atomic E-state index is 0.115. The number of ether oxygens (including phenoxy) is 1. The standard InChI is InChI=1S/C9H17N3O2/c1-4-10-7(2)9-11-8(12-14-9)5-6-13-3/h7,10H,4-6H2,1-3H3. The van der Waals surface area contributed by atoms with E-state index in [2.05, 4.69) is 15.5 Å². The lowest BCUT2D eigenvalue weighted by Gasteiger charge is -2.04. The van der Waals surface area contributed by atoms with E-state index in [4.69, 9.17) is 9.26 Å². The van der Waals surface area contributed by atoms with Gasteiger partial charge in [0, 0.05) is 13.5 Å². The lowest BCUT2D eigenvalue weighted by molar-refractivity contribution is 0.199. The van der Waals surface area contributed by atoms with E-state index in [1.165, 1.54) is 0 Å². The van der Waals surface area contributed by atoms with E-state index in [9.17, 15) is 0 Å². The molecular weight excluding hydrogens is 182 g/mol. The zero-order chi connectivity index (χ0) is 10.4. The van der Waals surface area contributed by atoms with Crippen LogP contribution < -0.4 is 5.32 Å². The third-order valence-corrected chi connectivity index (χ3v) is 1.89. The maximum atomic E-state index is 5.10. The Morgan fingerprint density at radius 2 is 2.36 bits per heavy atom. The predicted molar refractivity (Wildman–Crippen MR) is 52.0 cm³/mol. The Labute approximate surface area is 83.8 Å². The fourth-order valence-corrected chi connectivity index (χ4v) is 1.13. The Morgan fingerprint density at radius 1 is 1.57 bits per heavy atom. The first-order valence-electron chi connectivity index (χ1n) is 4.82. The first-order chi connectivity index (χ1) is 6.77. The van der Waals surface area contributed by atoms with Crippen LogP contribution in [0.4, 0.5) is 0 Å². The van der Waals surface area contributed by atoms with Gasteiger partial charge in [-0.1, -0.05) is 12.1 Å². The number of hydrogen-bond donors (Lipinski definition) is 1. The Morgan fingerprint density at radius 3 is 3.00 bits per heavy atom. The molecule has 5 nitrogen and oxygen atoms in total. The molecule has 0 fully saturated rings. The van der Waals surface area contributed by atoms with E-state index in [1.807, 2.05) is 13.8 Å². The van der Waals surface area contributed by atoms with Crippen molar-refractivity contribution in [2.24, 2.45) is 0 Å². The normalized spacial score (nSPS) is 13.1. The molecule has 0 radical (unpaired) electrons. The number of aromatic nitrogens is 2. The highest BCUT2D eigenvalue weighted by atomic mass is 16.5. The summed E-state index contributed by atoms with van der Waals surface area (Å²) in [6, 6.07) is 0.115. The maximum Gasteiger partial charge on any atom is 0.243 e. The summed E-state index contributed by atoms with van der Waals surface area (Å²) in [5.41, 5.74) is 0. The zero-order valence-corrected chi connectivity index (χ0v) is 8.91. The fourth-order valence-electron chi connectivity index (χ4n) is 1.13. The molecule has 0 amide bonds. The summed E-state index contributed by atoms with van der Waals surface area (Å²) in [5, 5.41) is 7.05. The molecule has 0 aliphatic rings. The second-order valence-electron chi connectivity index (χ2n) is 3.07. The highest BCUT2D eigenvalue weighted by molar-refractivity contribution is 4.91. The molecule has 1 aromatic rings. The third-order valence-electron chi connectivity index (χ3n) is 1.89. The average molecular weight is 199 g/mol. The van der Waals surface area contributed by atoms with Gasteiger partial charge in [-0.05, 0) is 13.5 Å². The van der Waals surface area contributed by atoms with Gasteiger partial charge in [0.05, 0.1) is 12.6 Å². The van der Waals surface area contributed by atoms with Crippen molar-refractivity contribution in [3.8, 4) is 0 Å². The Hall–Kier alpha value is -0.940. The number of hydrogen-bond acceptors (Lipinski definition) is 5. The second kappa shape index (κ2) is 5.72. The van der Waals surface area contributed by atoms with Crippen LogP contribution in [0.25, 0.3) is 0 Å². The van der Waals surface area contributed by atoms with Crippen molar-refractivity contribution >= 4 is 0 Å². The monoisotopic (exact) mass is 199 g/mol. The van der Waals surface area contributed by atoms with Crippen molar-refractivity contribution in [2.75, 3.05) is 20.3 Å². The van der Waals surface area contributed by atoms with Crippen molar-refractivity contribution in [2.45, 2.75) is 26.3 Å². The lowest BCUT2D eigenvalue weighted by atomic mass is 10.3. The molecule has 1 heterocycles. The molecule has 0 aliphatic carbocycles. The van der Waals surface area contributed by atoms with E-state index in [0.717, 1.165) is 6.54 Å². The van der Waals surface area contributed by atoms with Crippen molar-refractivity contribution in [1.82, 2.24) is 15.5 Å². The van der Waals surface area contributed by atoms with Gasteiger partial charge in [-0.25, -0.2) is 0 Å². The van der Waals surface area contributed by atoms with Crippen LogP contribution in [0, 0.1) is 0 Å². The van der Waals surface area contributed by atoms with Crippen LogP contribution >= 0.6 is 0 Å². The summed E-state index contributed by atoms with van der Waals surface area (Å²) in [7, 11) is 1.66. The van der Waals surface area contributed by atoms with E-state index >= 15 is 0 Å². The minimum Gasteiger partial charge on any atom is -0.384 e. The molecule has 1 atom stereocenters. The molecule has 0 saturated carbocycles. The first-order valence-corrected chi connectivity index (χ1v) is 4.82. The summed E-state index contributed by atoms with van der Waals surface area (Å²) >= 11 is 0. The number of nitrogens with one attached hydrogen (secondary N) is 1. The summed E-state index contributed by atoms with van der Waals surface area (Å²) in [6.45, 7) is 5.54. The molecule has 0 saturated heterocycles. The topological polar surface area (TPSA) is 60.2 Å². The first kappa shape index (κ1) is 11.1. The summed E-state index contributed by atoms with van der Waals surface area (Å²) in [6.07, 6.45) is 0.693. The zero-order valence-electron chi connectivity index (χ0n) is 8.91. The van der Waals surface area contributed by atoms with Gasteiger partial charge in [0.2, 0.25) is 5.89 Å². The van der Waals surface area contributed by atoms with Crippen LogP contribution in [-0.2, 0) is 11.2 Å². The molecule has 14 heavy (non-hydrogen) atoms. The van der Waals surface area contributed by atoms with Gasteiger partial charge in [-0.15, -0.1) is 0 Å². The maximum absolute atomic E-state index is 5.10. The van der Waals surface area contributed by atoms with Crippen molar-refractivity contribution in [1.29, 1.82) is 0 Å². The van der Waals surface area contributed by atoms with Gasteiger partial charge >= 0.3 is 0 Å². The van der Waals surface area contributed by atoms with E-state index < -0.39 is 0 Å². The predicted octanol–water partition coefficient (Wildman–Crippen LogP) is 0.929. The van der Waals surface area contributed by atoms with Crippen LogP contribution in [0.15, 0.2) is 4.52 Å². The van der Waals surface area contributed by atoms with Gasteiger partial charge in [0.15, 0.2) is 5.82 Å². The summed E-state index contributed by atoms with van der Waals surface area (Å²) in [4.78, 5) is 4.25. The molecule has 0 spiro atoms. The molecule has 1 unspecified atom stereocenters. The van der Waals surface area contributed by atoms with Gasteiger partial charge in [0.1, 0.15) is 0 Å². The van der Waals surface area contributed by atoms with E-state index in [0.29, 0.717) is 24.7 Å². The lowest BCUT2D eigenvalue weighted by Crippen LogP contribution is -2.18. The third kappa shape index (κ3) is 3.08. The number of rotatable bonds is 6. The molecule has 1 N–H and O–H groups in total. The van der Waals surface area contributed by atoms with Crippen molar-refractivity contribution in [3.63, 3.8) is 0 Å². The molecule has 0 aromatic carbocycles. The van der Waals surface area contributed by atoms with Crippen molar-refractivity contribution < 1.29 is 9.26 Å². The summed E-state index contributed by atoms with van der Waals surface area (Å²) in [5.74, 6) is 1.34. The molecule has 80 valence electrons. The SMILES string of the molecule is CCNC(C)c1nc(CCOC)no1. The average Bonchev–Trinajstić information content (AvgIpc) is 2.63. The highest BCUT2D eigenvalue weighted by Gasteiger charge is 2.12. The van der Waals surface area contributed by atoms with Gasteiger partial charge < -0.3 is 14.6 Å². The molecule has 0 bridgehead atoms. The smallest absolute Gasteiger partial charge is 0.243 e. The van der Waals surface area contributed by atoms with Gasteiger partial charge in [-0.2, -0.15) is 4.98 Å². The minimum atomic E-state index is 0.115. The Balaban J connectivity index is 2.49.